The Balaban J connectivity index is 1.29. The first-order chi connectivity index (χ1) is 19.6. The molecule has 7 nitrogen and oxygen atoms in total. The number of carboxylic acids is 1. The molecule has 4 aromatic rings. The molecule has 9 heteroatoms. The summed E-state index contributed by atoms with van der Waals surface area (Å²) < 4.78 is 33.7. The summed E-state index contributed by atoms with van der Waals surface area (Å²) in [5.74, 6) is -0.266. The van der Waals surface area contributed by atoms with Crippen molar-refractivity contribution in [3.63, 3.8) is 0 Å². The van der Waals surface area contributed by atoms with Crippen LogP contribution in [0.4, 0.5) is 0 Å². The third-order valence-corrected chi connectivity index (χ3v) is 9.67. The number of halogens is 1. The summed E-state index contributed by atoms with van der Waals surface area (Å²) in [6.45, 7) is 3.93. The van der Waals surface area contributed by atoms with E-state index in [-0.39, 0.29) is 18.2 Å². The summed E-state index contributed by atoms with van der Waals surface area (Å²) in [6.07, 6.45) is 3.75. The Morgan fingerprint density at radius 3 is 2.32 bits per heavy atom. The van der Waals surface area contributed by atoms with E-state index in [2.05, 4.69) is 16.8 Å². The zero-order valence-corrected chi connectivity index (χ0v) is 24.6. The predicted molar refractivity (Wildman–Crippen MR) is 160 cm³/mol. The van der Waals surface area contributed by atoms with E-state index >= 15 is 0 Å². The minimum Gasteiger partial charge on any atom is -0.481 e. The van der Waals surface area contributed by atoms with Gasteiger partial charge in [0.2, 0.25) is 10.0 Å². The lowest BCUT2D eigenvalue weighted by Gasteiger charge is -2.14. The third kappa shape index (κ3) is 6.10. The van der Waals surface area contributed by atoms with E-state index < -0.39 is 21.4 Å². The van der Waals surface area contributed by atoms with E-state index in [1.807, 2.05) is 48.5 Å². The molecule has 2 unspecified atom stereocenters. The first-order valence-electron chi connectivity index (χ1n) is 13.7. The summed E-state index contributed by atoms with van der Waals surface area (Å²) in [5.41, 5.74) is 4.62. The lowest BCUT2D eigenvalue weighted by Crippen LogP contribution is -2.25. The fourth-order valence-electron chi connectivity index (χ4n) is 5.52. The molecule has 214 valence electrons. The number of carboxylic acid groups (broad SMARTS) is 1. The largest absolute Gasteiger partial charge is 0.481 e. The molecule has 1 heterocycles. The molecule has 1 fully saturated rings. The molecule has 1 saturated carbocycles. The monoisotopic (exact) mass is 592 g/mol. The molecule has 0 radical (unpaired) electrons. The van der Waals surface area contributed by atoms with Crippen LogP contribution in [0.1, 0.15) is 55.0 Å². The summed E-state index contributed by atoms with van der Waals surface area (Å²) in [6, 6.07) is 22.4. The van der Waals surface area contributed by atoms with E-state index in [4.69, 9.17) is 16.1 Å². The molecule has 2 N–H and O–H groups in total. The number of aromatic nitrogens is 1. The third-order valence-electron chi connectivity index (χ3n) is 8.03. The van der Waals surface area contributed by atoms with Crippen LogP contribution in [0, 0.1) is 12.8 Å². The molecule has 1 aliphatic rings. The van der Waals surface area contributed by atoms with Gasteiger partial charge >= 0.3 is 5.97 Å². The van der Waals surface area contributed by atoms with Crippen LogP contribution in [-0.2, 0) is 32.5 Å². The van der Waals surface area contributed by atoms with Gasteiger partial charge < -0.3 is 9.63 Å². The molecular weight excluding hydrogens is 560 g/mol. The van der Waals surface area contributed by atoms with Crippen molar-refractivity contribution < 1.29 is 22.8 Å². The molecule has 0 spiro atoms. The lowest BCUT2D eigenvalue weighted by atomic mass is 9.90. The molecule has 41 heavy (non-hydrogen) atoms. The van der Waals surface area contributed by atoms with E-state index in [0.717, 1.165) is 41.5 Å². The van der Waals surface area contributed by atoms with Crippen molar-refractivity contribution in [2.45, 2.75) is 57.2 Å². The molecule has 0 amide bonds. The second-order valence-corrected chi connectivity index (χ2v) is 12.9. The molecule has 0 bridgehead atoms. The predicted octanol–water partition coefficient (Wildman–Crippen LogP) is 7.12. The second kappa shape index (κ2) is 11.8. The number of aryl methyl sites for hydroxylation is 1. The van der Waals surface area contributed by atoms with Gasteiger partial charge in [0.15, 0.2) is 5.76 Å². The van der Waals surface area contributed by atoms with Crippen LogP contribution in [0.15, 0.2) is 77.3 Å². The van der Waals surface area contributed by atoms with Gasteiger partial charge in [0.1, 0.15) is 0 Å². The number of aliphatic carboxylic acids is 1. The standard InChI is InChI=1S/C32H33ClN2O5S/c1-3-4-8-27-18-32(27,31(36)37)26-16-14-23(15-17-26)22-10-12-24(13-11-22)30-28(21(2)35-40-30)19-34-41(38,39)20-25-7-5-6-9-29(25)33/h5-7,9-17,27,34H,3-4,8,18-20H2,1-2H3,(H,36,37). The van der Waals surface area contributed by atoms with Crippen LogP contribution in [0.25, 0.3) is 22.5 Å². The van der Waals surface area contributed by atoms with Crippen LogP contribution < -0.4 is 4.72 Å². The number of hydrogen-bond acceptors (Lipinski definition) is 5. The van der Waals surface area contributed by atoms with Crippen LogP contribution in [0.5, 0.6) is 0 Å². The number of benzene rings is 3. The fourth-order valence-corrected chi connectivity index (χ4v) is 6.93. The van der Waals surface area contributed by atoms with E-state index in [1.54, 1.807) is 31.2 Å². The topological polar surface area (TPSA) is 110 Å². The maximum Gasteiger partial charge on any atom is 0.314 e. The number of sulfonamides is 1. The van der Waals surface area contributed by atoms with Gasteiger partial charge in [-0.3, -0.25) is 4.79 Å². The number of carbonyl (C=O) groups is 1. The number of nitrogens with one attached hydrogen (secondary N) is 1. The summed E-state index contributed by atoms with van der Waals surface area (Å²) in [7, 11) is -3.66. The molecular formula is C32H33ClN2O5S. The Morgan fingerprint density at radius 2 is 1.68 bits per heavy atom. The van der Waals surface area contributed by atoms with Crippen LogP contribution in [-0.4, -0.2) is 24.7 Å². The molecule has 3 aromatic carbocycles. The maximum atomic E-state index is 12.7. The zero-order valence-electron chi connectivity index (χ0n) is 23.1. The van der Waals surface area contributed by atoms with Crippen molar-refractivity contribution >= 4 is 27.6 Å². The molecule has 2 atom stereocenters. The van der Waals surface area contributed by atoms with Crippen LogP contribution in [0.3, 0.4) is 0 Å². The minimum atomic E-state index is -3.66. The van der Waals surface area contributed by atoms with Gasteiger partial charge in [0, 0.05) is 22.7 Å². The first kappa shape index (κ1) is 29.0. The van der Waals surface area contributed by atoms with Gasteiger partial charge in [-0.25, -0.2) is 13.1 Å². The number of hydrogen-bond donors (Lipinski definition) is 2. The quantitative estimate of drug-likeness (QED) is 0.181. The van der Waals surface area contributed by atoms with Crippen LogP contribution >= 0.6 is 11.6 Å². The SMILES string of the molecule is CCCCC1CC1(C(=O)O)c1ccc(-c2ccc(-c3onc(C)c3CNS(=O)(=O)Cc3ccccc3Cl)cc2)cc1. The average molecular weight is 593 g/mol. The van der Waals surface area contributed by atoms with Gasteiger partial charge in [-0.05, 0) is 54.0 Å². The second-order valence-electron chi connectivity index (χ2n) is 10.7. The Labute approximate surface area is 245 Å². The van der Waals surface area contributed by atoms with E-state index in [0.29, 0.717) is 34.0 Å². The Bertz CT molecular complexity index is 1650. The smallest absolute Gasteiger partial charge is 0.314 e. The van der Waals surface area contributed by atoms with Gasteiger partial charge in [-0.1, -0.05) is 103 Å². The number of unbranched alkanes of at least 4 members (excludes halogenated alkanes) is 1. The Kier molecular flexibility index (Phi) is 8.36. The normalized spacial score (nSPS) is 18.4. The first-order valence-corrected chi connectivity index (χ1v) is 15.8. The van der Waals surface area contributed by atoms with Gasteiger partial charge in [-0.15, -0.1) is 0 Å². The summed E-state index contributed by atoms with van der Waals surface area (Å²) in [4.78, 5) is 12.2. The molecule has 0 aliphatic heterocycles. The lowest BCUT2D eigenvalue weighted by molar-refractivity contribution is -0.140. The van der Waals surface area contributed by atoms with Crippen LogP contribution in [0.2, 0.25) is 5.02 Å². The van der Waals surface area contributed by atoms with E-state index in [9.17, 15) is 18.3 Å². The highest BCUT2D eigenvalue weighted by atomic mass is 35.5. The van der Waals surface area contributed by atoms with Crippen molar-refractivity contribution in [1.82, 2.24) is 9.88 Å². The van der Waals surface area contributed by atoms with Crippen molar-refractivity contribution in [1.29, 1.82) is 0 Å². The van der Waals surface area contributed by atoms with Gasteiger partial charge in [-0.2, -0.15) is 0 Å². The zero-order chi connectivity index (χ0) is 29.2. The summed E-state index contributed by atoms with van der Waals surface area (Å²) >= 11 is 6.14. The van der Waals surface area contributed by atoms with Crippen molar-refractivity contribution in [2.75, 3.05) is 0 Å². The molecule has 1 aromatic heterocycles. The average Bonchev–Trinajstić information content (AvgIpc) is 3.59. The fraction of sp³-hybridized carbons (Fsp3) is 0.312. The highest BCUT2D eigenvalue weighted by Gasteiger charge is 2.60. The molecule has 0 saturated heterocycles. The molecule has 5 rings (SSSR count). The highest BCUT2D eigenvalue weighted by Crippen LogP contribution is 2.57. The van der Waals surface area contributed by atoms with E-state index in [1.165, 1.54) is 0 Å². The highest BCUT2D eigenvalue weighted by molar-refractivity contribution is 7.88. The Hall–Kier alpha value is -3.46. The minimum absolute atomic E-state index is 0.0330. The van der Waals surface area contributed by atoms with Crippen molar-refractivity contribution in [3.05, 3.63) is 100 Å². The number of rotatable bonds is 12. The Morgan fingerprint density at radius 1 is 1.05 bits per heavy atom. The van der Waals surface area contributed by atoms with Crippen molar-refractivity contribution in [2.24, 2.45) is 5.92 Å². The van der Waals surface area contributed by atoms with Gasteiger partial charge in [0.05, 0.1) is 16.9 Å². The number of nitrogens with zero attached hydrogens (tertiary/aromatic N) is 1. The van der Waals surface area contributed by atoms with Gasteiger partial charge in [0.25, 0.3) is 0 Å². The summed E-state index contributed by atoms with van der Waals surface area (Å²) in [5, 5.41) is 14.5. The maximum absolute atomic E-state index is 12.7. The van der Waals surface area contributed by atoms with Crippen molar-refractivity contribution in [3.8, 4) is 22.5 Å². The molecule has 1 aliphatic carbocycles.